The largest absolute Gasteiger partial charge is 0.508 e. The summed E-state index contributed by atoms with van der Waals surface area (Å²) in [6.07, 6.45) is -2.93. The van der Waals surface area contributed by atoms with Crippen LogP contribution >= 0.6 is 0 Å². The molecule has 0 spiro atoms. The first-order chi connectivity index (χ1) is 18.3. The summed E-state index contributed by atoms with van der Waals surface area (Å²) in [7, 11) is 0. The molecule has 0 aliphatic rings. The van der Waals surface area contributed by atoms with Crippen LogP contribution in [0.15, 0.2) is 48.5 Å². The number of benzene rings is 2. The van der Waals surface area contributed by atoms with Crippen molar-refractivity contribution in [2.45, 2.75) is 63.1 Å². The lowest BCUT2D eigenvalue weighted by Gasteiger charge is -2.27. The fraction of sp³-hybridized carbons (Fsp3) is 0.385. The van der Waals surface area contributed by atoms with E-state index in [1.165, 1.54) is 43.3 Å². The molecule has 212 valence electrons. The maximum atomic E-state index is 13.2. The summed E-state index contributed by atoms with van der Waals surface area (Å²) in [5, 5.41) is 54.9. The molecule has 0 aliphatic heterocycles. The highest BCUT2D eigenvalue weighted by Gasteiger charge is 2.34. The number of aliphatic hydroxyl groups excluding tert-OH is 2. The minimum absolute atomic E-state index is 0.0170. The third kappa shape index (κ3) is 9.56. The van der Waals surface area contributed by atoms with Gasteiger partial charge in [0.05, 0.1) is 18.2 Å². The number of carboxylic acid groups (broad SMARTS) is 1. The van der Waals surface area contributed by atoms with E-state index >= 15 is 0 Å². The number of rotatable bonds is 13. The van der Waals surface area contributed by atoms with Gasteiger partial charge in [-0.15, -0.1) is 0 Å². The number of hydrogen-bond acceptors (Lipinski definition) is 9. The quantitative estimate of drug-likeness (QED) is 0.141. The number of amides is 3. The van der Waals surface area contributed by atoms with E-state index in [2.05, 4.69) is 16.0 Å². The van der Waals surface area contributed by atoms with Crippen LogP contribution in [-0.2, 0) is 32.0 Å². The number of aliphatic carboxylic acids is 1. The topological polar surface area (TPSA) is 232 Å². The molecule has 13 heteroatoms. The fourth-order valence-corrected chi connectivity index (χ4v) is 3.63. The summed E-state index contributed by atoms with van der Waals surface area (Å²) >= 11 is 0. The van der Waals surface area contributed by atoms with Crippen LogP contribution < -0.4 is 21.7 Å². The number of aromatic hydroxyl groups is 2. The van der Waals surface area contributed by atoms with Crippen LogP contribution in [0.4, 0.5) is 0 Å². The standard InChI is InChI=1S/C26H34N4O9/c1-13(31)21(25(37)30-22(14(2)32)26(38)39)29-24(36)20(12-16-5-9-18(34)10-6-16)28-23(35)19(27)11-15-3-7-17(33)8-4-15/h3-10,13-14,19-22,31-34H,11-12,27H2,1-2H3,(H,28,35)(H,29,36)(H,30,37)(H,38,39). The summed E-state index contributed by atoms with van der Waals surface area (Å²) in [4.78, 5) is 50.2. The maximum Gasteiger partial charge on any atom is 0.328 e. The van der Waals surface area contributed by atoms with Crippen LogP contribution in [0.1, 0.15) is 25.0 Å². The van der Waals surface area contributed by atoms with Gasteiger partial charge < -0.3 is 47.2 Å². The van der Waals surface area contributed by atoms with Crippen LogP contribution in [0.25, 0.3) is 0 Å². The molecule has 0 heterocycles. The van der Waals surface area contributed by atoms with Crippen LogP contribution in [0.2, 0.25) is 0 Å². The molecule has 39 heavy (non-hydrogen) atoms. The number of phenolic OH excluding ortho intramolecular Hbond substituents is 2. The Morgan fingerprint density at radius 3 is 1.56 bits per heavy atom. The zero-order valence-corrected chi connectivity index (χ0v) is 21.4. The molecule has 6 atom stereocenters. The number of phenols is 2. The summed E-state index contributed by atoms with van der Waals surface area (Å²) in [5.74, 6) is -4.13. The minimum Gasteiger partial charge on any atom is -0.508 e. The summed E-state index contributed by atoms with van der Waals surface area (Å²) in [6.45, 7) is 2.35. The average Bonchev–Trinajstić information content (AvgIpc) is 2.87. The Morgan fingerprint density at radius 1 is 0.692 bits per heavy atom. The molecular formula is C26H34N4O9. The third-order valence-electron chi connectivity index (χ3n) is 5.85. The SMILES string of the molecule is CC(O)C(NC(=O)C(NC(=O)C(Cc1ccc(O)cc1)NC(=O)C(N)Cc1ccc(O)cc1)C(C)O)C(=O)O. The number of nitrogens with two attached hydrogens (primary N) is 1. The van der Waals surface area contributed by atoms with Crippen molar-refractivity contribution < 1.29 is 44.7 Å². The highest BCUT2D eigenvalue weighted by atomic mass is 16.4. The van der Waals surface area contributed by atoms with Crippen molar-refractivity contribution in [2.75, 3.05) is 0 Å². The lowest BCUT2D eigenvalue weighted by atomic mass is 10.0. The number of carbonyl (C=O) groups excluding carboxylic acids is 3. The molecular weight excluding hydrogens is 512 g/mol. The van der Waals surface area contributed by atoms with Gasteiger partial charge in [0.1, 0.15) is 23.6 Å². The van der Waals surface area contributed by atoms with Gasteiger partial charge in [-0.3, -0.25) is 14.4 Å². The van der Waals surface area contributed by atoms with Gasteiger partial charge >= 0.3 is 5.97 Å². The van der Waals surface area contributed by atoms with Crippen molar-refractivity contribution in [2.24, 2.45) is 5.73 Å². The van der Waals surface area contributed by atoms with Gasteiger partial charge in [-0.05, 0) is 55.7 Å². The number of carboxylic acids is 1. The molecule has 0 saturated heterocycles. The lowest BCUT2D eigenvalue weighted by Crippen LogP contribution is -2.61. The Hall–Kier alpha value is -4.20. The van der Waals surface area contributed by atoms with Gasteiger partial charge in [-0.1, -0.05) is 24.3 Å². The molecule has 0 aliphatic carbocycles. The van der Waals surface area contributed by atoms with Gasteiger partial charge in [0.15, 0.2) is 6.04 Å². The molecule has 0 bridgehead atoms. The monoisotopic (exact) mass is 546 g/mol. The Labute approximate surface area is 224 Å². The molecule has 10 N–H and O–H groups in total. The average molecular weight is 547 g/mol. The second kappa shape index (κ2) is 14.1. The predicted octanol–water partition coefficient (Wildman–Crippen LogP) is -1.49. The Morgan fingerprint density at radius 2 is 1.13 bits per heavy atom. The number of carbonyl (C=O) groups is 4. The van der Waals surface area contributed by atoms with E-state index in [0.717, 1.165) is 6.92 Å². The van der Waals surface area contributed by atoms with Gasteiger partial charge in [0, 0.05) is 6.42 Å². The number of hydrogen-bond donors (Lipinski definition) is 9. The first-order valence-electron chi connectivity index (χ1n) is 12.1. The first-order valence-corrected chi connectivity index (χ1v) is 12.1. The molecule has 0 aromatic heterocycles. The summed E-state index contributed by atoms with van der Waals surface area (Å²) < 4.78 is 0. The van der Waals surface area contributed by atoms with E-state index in [9.17, 15) is 44.7 Å². The molecule has 2 aromatic carbocycles. The minimum atomic E-state index is -1.69. The maximum absolute atomic E-state index is 13.2. The van der Waals surface area contributed by atoms with E-state index in [4.69, 9.17) is 5.73 Å². The van der Waals surface area contributed by atoms with Gasteiger partial charge in [-0.2, -0.15) is 0 Å². The fourth-order valence-electron chi connectivity index (χ4n) is 3.63. The molecule has 2 rings (SSSR count). The number of nitrogens with one attached hydrogen (secondary N) is 3. The van der Waals surface area contributed by atoms with Gasteiger partial charge in [-0.25, -0.2) is 4.79 Å². The Bertz CT molecular complexity index is 1140. The normalized spacial score (nSPS) is 15.6. The molecule has 13 nitrogen and oxygen atoms in total. The van der Waals surface area contributed by atoms with Crippen molar-refractivity contribution in [3.63, 3.8) is 0 Å². The Balaban J connectivity index is 2.22. The van der Waals surface area contributed by atoms with Gasteiger partial charge in [0.25, 0.3) is 0 Å². The zero-order valence-electron chi connectivity index (χ0n) is 21.4. The van der Waals surface area contributed by atoms with Crippen LogP contribution in [0.5, 0.6) is 11.5 Å². The smallest absolute Gasteiger partial charge is 0.328 e. The Kier molecular flexibility index (Phi) is 11.2. The molecule has 0 saturated carbocycles. The molecule has 2 aromatic rings. The van der Waals surface area contributed by atoms with Crippen LogP contribution in [0.3, 0.4) is 0 Å². The van der Waals surface area contributed by atoms with E-state index in [1.54, 1.807) is 12.1 Å². The number of aliphatic hydroxyl groups is 2. The van der Waals surface area contributed by atoms with E-state index in [-0.39, 0.29) is 24.3 Å². The zero-order chi connectivity index (χ0) is 29.3. The highest BCUT2D eigenvalue weighted by Crippen LogP contribution is 2.13. The van der Waals surface area contributed by atoms with Gasteiger partial charge in [0.2, 0.25) is 17.7 Å². The molecule has 0 fully saturated rings. The van der Waals surface area contributed by atoms with Crippen LogP contribution in [-0.4, -0.2) is 85.6 Å². The second-order valence-electron chi connectivity index (χ2n) is 9.20. The first kappa shape index (κ1) is 31.0. The molecule has 6 unspecified atom stereocenters. The summed E-state index contributed by atoms with van der Waals surface area (Å²) in [6, 6.07) is 6.20. The second-order valence-corrected chi connectivity index (χ2v) is 9.20. The molecule has 3 amide bonds. The van der Waals surface area contributed by atoms with Crippen molar-refractivity contribution in [1.82, 2.24) is 16.0 Å². The lowest BCUT2D eigenvalue weighted by molar-refractivity contribution is -0.146. The predicted molar refractivity (Wildman–Crippen MR) is 138 cm³/mol. The summed E-state index contributed by atoms with van der Waals surface area (Å²) in [5.41, 5.74) is 7.23. The van der Waals surface area contributed by atoms with Crippen molar-refractivity contribution in [1.29, 1.82) is 0 Å². The van der Waals surface area contributed by atoms with Crippen LogP contribution in [0, 0.1) is 0 Å². The van der Waals surface area contributed by atoms with E-state index in [1.807, 2.05) is 0 Å². The van der Waals surface area contributed by atoms with Crippen molar-refractivity contribution >= 4 is 23.7 Å². The third-order valence-corrected chi connectivity index (χ3v) is 5.85. The van der Waals surface area contributed by atoms with Crippen molar-refractivity contribution in [3.05, 3.63) is 59.7 Å². The molecule has 0 radical (unpaired) electrons. The highest BCUT2D eigenvalue weighted by molar-refractivity contribution is 5.94. The van der Waals surface area contributed by atoms with E-state index in [0.29, 0.717) is 11.1 Å². The van der Waals surface area contributed by atoms with E-state index < -0.39 is 60.1 Å². The van der Waals surface area contributed by atoms with Crippen molar-refractivity contribution in [3.8, 4) is 11.5 Å².